The fourth-order valence-electron chi connectivity index (χ4n) is 5.45. The van der Waals surface area contributed by atoms with Crippen LogP contribution < -0.4 is 0 Å². The monoisotopic (exact) mass is 544 g/mol. The van der Waals surface area contributed by atoms with E-state index in [9.17, 15) is 0 Å². The Morgan fingerprint density at radius 3 is 0.774 bits per heavy atom. The Morgan fingerprint density at radius 2 is 0.484 bits per heavy atom. The molecule has 0 saturated heterocycles. The first-order chi connectivity index (χ1) is 15.2. The zero-order chi connectivity index (χ0) is 22.9. The molecule has 0 heterocycles. The van der Waals surface area contributed by atoms with Gasteiger partial charge in [0.2, 0.25) is 0 Å². The Bertz CT molecular complexity index is 303. The number of hydrogen-bond acceptors (Lipinski definition) is 0. The SMILES string of the molecule is CCCCCCCCCCCCCCCCC[CH2][Sn]([CH2]CCC)([CH2]CCC)[CH2]CCC. The molecule has 188 valence electrons. The molecule has 0 saturated carbocycles. The van der Waals surface area contributed by atoms with Crippen LogP contribution in [0.3, 0.4) is 0 Å². The van der Waals surface area contributed by atoms with Crippen molar-refractivity contribution in [1.29, 1.82) is 0 Å². The molecule has 0 nitrogen and oxygen atoms in total. The van der Waals surface area contributed by atoms with Gasteiger partial charge in [0.05, 0.1) is 0 Å². The second kappa shape index (κ2) is 25.4. The second-order valence-corrected chi connectivity index (χ2v) is 25.1. The van der Waals surface area contributed by atoms with Gasteiger partial charge in [-0.2, -0.15) is 0 Å². The van der Waals surface area contributed by atoms with E-state index in [1.165, 1.54) is 109 Å². The second-order valence-electron chi connectivity index (χ2n) is 10.9. The third-order valence-electron chi connectivity index (χ3n) is 7.74. The normalized spacial score (nSPS) is 12.0. The Labute approximate surface area is 204 Å². The molecule has 0 aliphatic carbocycles. The molecule has 0 aromatic carbocycles. The Morgan fingerprint density at radius 1 is 0.258 bits per heavy atom. The van der Waals surface area contributed by atoms with Crippen LogP contribution in [0.25, 0.3) is 0 Å². The zero-order valence-electron chi connectivity index (χ0n) is 22.9. The van der Waals surface area contributed by atoms with E-state index in [0.717, 1.165) is 0 Å². The van der Waals surface area contributed by atoms with Gasteiger partial charge in [0.25, 0.3) is 0 Å². The van der Waals surface area contributed by atoms with Crippen molar-refractivity contribution < 1.29 is 0 Å². The predicted molar refractivity (Wildman–Crippen MR) is 149 cm³/mol. The molecule has 31 heavy (non-hydrogen) atoms. The van der Waals surface area contributed by atoms with Crippen molar-refractivity contribution in [2.45, 2.75) is 187 Å². The van der Waals surface area contributed by atoms with Crippen LogP contribution in [-0.2, 0) is 0 Å². The molecular formula is C30H64Sn. The zero-order valence-corrected chi connectivity index (χ0v) is 25.7. The maximum atomic E-state index is 2.41. The van der Waals surface area contributed by atoms with Crippen molar-refractivity contribution >= 4 is 18.4 Å². The van der Waals surface area contributed by atoms with Gasteiger partial charge in [-0.1, -0.05) is 39.0 Å². The number of unbranched alkanes of at least 4 members (excludes halogenated alkanes) is 18. The molecule has 0 radical (unpaired) electrons. The van der Waals surface area contributed by atoms with E-state index < -0.39 is 18.4 Å². The van der Waals surface area contributed by atoms with Crippen molar-refractivity contribution in [3.63, 3.8) is 0 Å². The van der Waals surface area contributed by atoms with E-state index in [0.29, 0.717) is 0 Å². The van der Waals surface area contributed by atoms with E-state index in [1.807, 2.05) is 0 Å². The average Bonchev–Trinajstić information content (AvgIpc) is 2.79. The van der Waals surface area contributed by atoms with Crippen LogP contribution in [0.15, 0.2) is 0 Å². The first-order valence-electron chi connectivity index (χ1n) is 15.2. The summed E-state index contributed by atoms with van der Waals surface area (Å²) in [4.78, 5) is 0. The molecule has 0 aliphatic rings. The third-order valence-corrected chi connectivity index (χ3v) is 23.9. The molecule has 0 amide bonds. The molecule has 0 spiro atoms. The standard InChI is InChI=1S/C18H37.3C4H9.Sn/c1-3-5-7-9-11-13-15-17-18-16-14-12-10-8-6-4-2;3*1-3-4-2;/h1,3-18H2,2H3;3*1,3-4H2,2H3;. The molecule has 1 heteroatoms. The molecule has 0 N–H and O–H groups in total. The van der Waals surface area contributed by atoms with Gasteiger partial charge in [-0.25, -0.2) is 0 Å². The van der Waals surface area contributed by atoms with Crippen LogP contribution in [0.2, 0.25) is 17.7 Å². The van der Waals surface area contributed by atoms with Crippen LogP contribution in [0.4, 0.5) is 0 Å². The molecule has 0 atom stereocenters. The topological polar surface area (TPSA) is 0 Å². The van der Waals surface area contributed by atoms with Crippen molar-refractivity contribution in [3.8, 4) is 0 Å². The number of rotatable bonds is 26. The van der Waals surface area contributed by atoms with Gasteiger partial charge in [-0.15, -0.1) is 0 Å². The summed E-state index contributed by atoms with van der Waals surface area (Å²) in [5.41, 5.74) is 0. The summed E-state index contributed by atoms with van der Waals surface area (Å²) in [5, 5.41) is 0. The Kier molecular flexibility index (Phi) is 26.1. The summed E-state index contributed by atoms with van der Waals surface area (Å²) in [5.74, 6) is 0. The minimum atomic E-state index is -1.81. The average molecular weight is 544 g/mol. The fourth-order valence-corrected chi connectivity index (χ4v) is 22.0. The Hall–Kier alpha value is 0.799. The minimum absolute atomic E-state index is 1.38. The van der Waals surface area contributed by atoms with Gasteiger partial charge in [0.15, 0.2) is 0 Å². The fraction of sp³-hybridized carbons (Fsp3) is 1.00. The van der Waals surface area contributed by atoms with Gasteiger partial charge < -0.3 is 0 Å². The molecular weight excluding hydrogens is 479 g/mol. The van der Waals surface area contributed by atoms with Crippen molar-refractivity contribution in [3.05, 3.63) is 0 Å². The van der Waals surface area contributed by atoms with E-state index in [4.69, 9.17) is 0 Å². The predicted octanol–water partition coefficient (Wildman–Crippen LogP) is 12.1. The van der Waals surface area contributed by atoms with Gasteiger partial charge in [-0.05, 0) is 0 Å². The van der Waals surface area contributed by atoms with Crippen molar-refractivity contribution in [2.24, 2.45) is 0 Å². The Balaban J connectivity index is 3.71. The van der Waals surface area contributed by atoms with Crippen LogP contribution in [0.5, 0.6) is 0 Å². The quantitative estimate of drug-likeness (QED) is 0.0752. The van der Waals surface area contributed by atoms with Gasteiger partial charge in [-0.3, -0.25) is 0 Å². The summed E-state index contributed by atoms with van der Waals surface area (Å²) >= 11 is -1.81. The molecule has 0 rings (SSSR count). The van der Waals surface area contributed by atoms with E-state index in [2.05, 4.69) is 27.7 Å². The summed E-state index contributed by atoms with van der Waals surface area (Å²) in [6.45, 7) is 9.53. The number of hydrogen-bond donors (Lipinski definition) is 0. The molecule has 0 aromatic heterocycles. The molecule has 0 aliphatic heterocycles. The van der Waals surface area contributed by atoms with Gasteiger partial charge in [0, 0.05) is 0 Å². The van der Waals surface area contributed by atoms with E-state index in [-0.39, 0.29) is 0 Å². The summed E-state index contributed by atoms with van der Waals surface area (Å²) < 4.78 is 6.87. The van der Waals surface area contributed by atoms with Crippen LogP contribution >= 0.6 is 0 Å². The van der Waals surface area contributed by atoms with Crippen LogP contribution in [-0.4, -0.2) is 18.4 Å². The summed E-state index contributed by atoms with van der Waals surface area (Å²) in [6.07, 6.45) is 32.8. The van der Waals surface area contributed by atoms with Gasteiger partial charge in [0.1, 0.15) is 0 Å². The first kappa shape index (κ1) is 31.8. The first-order valence-corrected chi connectivity index (χ1v) is 23.3. The van der Waals surface area contributed by atoms with Crippen molar-refractivity contribution in [2.75, 3.05) is 0 Å². The summed E-state index contributed by atoms with van der Waals surface area (Å²) in [7, 11) is 0. The third kappa shape index (κ3) is 21.1. The van der Waals surface area contributed by atoms with E-state index in [1.54, 1.807) is 49.9 Å². The molecule has 0 fully saturated rings. The van der Waals surface area contributed by atoms with Crippen LogP contribution in [0, 0.1) is 0 Å². The van der Waals surface area contributed by atoms with E-state index >= 15 is 0 Å². The van der Waals surface area contributed by atoms with Crippen LogP contribution in [0.1, 0.15) is 169 Å². The molecule has 0 aromatic rings. The molecule has 0 bridgehead atoms. The summed E-state index contributed by atoms with van der Waals surface area (Å²) in [6, 6.07) is 0. The van der Waals surface area contributed by atoms with Gasteiger partial charge >= 0.3 is 166 Å². The maximum absolute atomic E-state index is 2.41. The van der Waals surface area contributed by atoms with Crippen molar-refractivity contribution in [1.82, 2.24) is 0 Å². The molecule has 0 unspecified atom stereocenters.